The van der Waals surface area contributed by atoms with Crippen LogP contribution in [0.1, 0.15) is 29.5 Å². The van der Waals surface area contributed by atoms with Gasteiger partial charge in [0.25, 0.3) is 0 Å². The highest BCUT2D eigenvalue weighted by Crippen LogP contribution is 2.33. The molecule has 25 heavy (non-hydrogen) atoms. The molecule has 128 valence electrons. The summed E-state index contributed by atoms with van der Waals surface area (Å²) >= 11 is 1.32. The van der Waals surface area contributed by atoms with Crippen molar-refractivity contribution >= 4 is 17.6 Å². The number of likely N-dealkylation sites (tertiary alicyclic amines) is 1. The maximum atomic E-state index is 12.5. The van der Waals surface area contributed by atoms with Gasteiger partial charge in [0.1, 0.15) is 17.9 Å². The van der Waals surface area contributed by atoms with Gasteiger partial charge in [0.05, 0.1) is 6.04 Å². The van der Waals surface area contributed by atoms with Gasteiger partial charge in [-0.3, -0.25) is 9.47 Å². The van der Waals surface area contributed by atoms with E-state index >= 15 is 0 Å². The molecule has 1 aliphatic heterocycles. The van der Waals surface area contributed by atoms with Crippen molar-refractivity contribution in [2.75, 3.05) is 6.54 Å². The van der Waals surface area contributed by atoms with E-state index in [1.807, 2.05) is 30.3 Å². The Bertz CT molecular complexity index is 834. The van der Waals surface area contributed by atoms with E-state index < -0.39 is 0 Å². The Kier molecular flexibility index (Phi) is 4.43. The van der Waals surface area contributed by atoms with Crippen molar-refractivity contribution in [3.8, 4) is 5.95 Å². The quantitative estimate of drug-likeness (QED) is 0.718. The summed E-state index contributed by atoms with van der Waals surface area (Å²) < 4.78 is 11.6. The third kappa shape index (κ3) is 3.39. The summed E-state index contributed by atoms with van der Waals surface area (Å²) in [5, 5.41) is 0.831. The zero-order valence-electron chi connectivity index (χ0n) is 13.5. The predicted octanol–water partition coefficient (Wildman–Crippen LogP) is 3.20. The Morgan fingerprint density at radius 2 is 2.20 bits per heavy atom. The molecule has 4 rings (SSSR count). The fourth-order valence-corrected chi connectivity index (χ4v) is 3.69. The number of rotatable bonds is 4. The number of amides is 1. The molecule has 0 unspecified atom stereocenters. The number of hydrogen-bond acceptors (Lipinski definition) is 6. The number of carbonyl (C=O) groups is 1. The molecule has 3 aromatic rings. The summed E-state index contributed by atoms with van der Waals surface area (Å²) in [7, 11) is 0. The highest BCUT2D eigenvalue weighted by molar-refractivity contribution is 7.05. The molecule has 0 radical (unpaired) electrons. The molecule has 2 aromatic heterocycles. The van der Waals surface area contributed by atoms with Gasteiger partial charge in [0, 0.05) is 18.9 Å². The van der Waals surface area contributed by atoms with Crippen LogP contribution in [-0.2, 0) is 11.3 Å². The van der Waals surface area contributed by atoms with Gasteiger partial charge in [0.2, 0.25) is 5.95 Å². The van der Waals surface area contributed by atoms with Crippen molar-refractivity contribution in [1.29, 1.82) is 0 Å². The van der Waals surface area contributed by atoms with Crippen LogP contribution in [0.5, 0.6) is 0 Å². The lowest BCUT2D eigenvalue weighted by Crippen LogP contribution is -2.31. The molecule has 1 saturated heterocycles. The van der Waals surface area contributed by atoms with E-state index in [9.17, 15) is 4.79 Å². The van der Waals surface area contributed by atoms with Gasteiger partial charge >= 0.3 is 6.09 Å². The van der Waals surface area contributed by atoms with E-state index in [0.717, 1.165) is 23.4 Å². The Morgan fingerprint density at radius 3 is 3.00 bits per heavy atom. The number of hydrogen-bond donors (Lipinski definition) is 0. The van der Waals surface area contributed by atoms with Gasteiger partial charge in [-0.25, -0.2) is 14.8 Å². The van der Waals surface area contributed by atoms with Crippen molar-refractivity contribution in [3.63, 3.8) is 0 Å². The minimum absolute atomic E-state index is 0.0713. The zero-order chi connectivity index (χ0) is 17.1. The van der Waals surface area contributed by atoms with Crippen molar-refractivity contribution < 1.29 is 9.53 Å². The molecule has 0 bridgehead atoms. The molecule has 0 saturated carbocycles. The van der Waals surface area contributed by atoms with Crippen LogP contribution < -0.4 is 0 Å². The fraction of sp³-hybridized carbons (Fsp3) is 0.294. The van der Waals surface area contributed by atoms with Crippen LogP contribution in [0.25, 0.3) is 5.95 Å². The number of imidazole rings is 1. The molecular formula is C17H17N5O2S. The monoisotopic (exact) mass is 355 g/mol. The van der Waals surface area contributed by atoms with Gasteiger partial charge in [0.15, 0.2) is 0 Å². The number of aromatic nitrogens is 4. The second-order valence-electron chi connectivity index (χ2n) is 5.79. The van der Waals surface area contributed by atoms with E-state index in [4.69, 9.17) is 4.74 Å². The van der Waals surface area contributed by atoms with Gasteiger partial charge in [-0.2, -0.15) is 4.37 Å². The van der Waals surface area contributed by atoms with Crippen molar-refractivity contribution in [2.24, 2.45) is 0 Å². The van der Waals surface area contributed by atoms with Crippen LogP contribution in [0.15, 0.2) is 49.1 Å². The SMILES string of the molecule is O=C(OCc1ccccc1)N1CCC[C@@H]1c1nc(-n2ccnc2)ns1. The summed E-state index contributed by atoms with van der Waals surface area (Å²) in [6.45, 7) is 0.956. The summed E-state index contributed by atoms with van der Waals surface area (Å²) in [6, 6.07) is 9.61. The van der Waals surface area contributed by atoms with Crippen LogP contribution in [-0.4, -0.2) is 36.4 Å². The lowest BCUT2D eigenvalue weighted by atomic mass is 10.2. The molecule has 1 fully saturated rings. The normalized spacial score (nSPS) is 17.0. The Labute approximate surface area is 149 Å². The Hall–Kier alpha value is -2.74. The third-order valence-corrected chi connectivity index (χ3v) is 4.95. The van der Waals surface area contributed by atoms with Crippen LogP contribution in [0.2, 0.25) is 0 Å². The molecule has 0 N–H and O–H groups in total. The molecule has 7 nitrogen and oxygen atoms in total. The van der Waals surface area contributed by atoms with Crippen LogP contribution >= 0.6 is 11.5 Å². The summed E-state index contributed by atoms with van der Waals surface area (Å²) in [5.74, 6) is 0.585. The van der Waals surface area contributed by atoms with Gasteiger partial charge in [-0.05, 0) is 29.9 Å². The third-order valence-electron chi connectivity index (χ3n) is 4.14. The van der Waals surface area contributed by atoms with Crippen molar-refractivity contribution in [3.05, 3.63) is 59.6 Å². The topological polar surface area (TPSA) is 73.1 Å². The van der Waals surface area contributed by atoms with E-state index in [-0.39, 0.29) is 18.7 Å². The average Bonchev–Trinajstić information content (AvgIpc) is 3.40. The van der Waals surface area contributed by atoms with Crippen LogP contribution in [0.3, 0.4) is 0 Å². The summed E-state index contributed by atoms with van der Waals surface area (Å²) in [6.07, 6.45) is 6.65. The largest absolute Gasteiger partial charge is 0.445 e. The molecule has 1 atom stereocenters. The first-order valence-corrected chi connectivity index (χ1v) is 8.88. The number of ether oxygens (including phenoxy) is 1. The molecule has 0 spiro atoms. The first-order valence-electron chi connectivity index (χ1n) is 8.10. The number of nitrogens with zero attached hydrogens (tertiary/aromatic N) is 5. The first kappa shape index (κ1) is 15.8. The molecule has 8 heteroatoms. The Morgan fingerprint density at radius 1 is 1.32 bits per heavy atom. The van der Waals surface area contributed by atoms with Crippen molar-refractivity contribution in [1.82, 2.24) is 23.8 Å². The van der Waals surface area contributed by atoms with E-state index in [2.05, 4.69) is 14.3 Å². The molecule has 0 aliphatic carbocycles. The van der Waals surface area contributed by atoms with Gasteiger partial charge in [-0.1, -0.05) is 30.3 Å². The second-order valence-corrected chi connectivity index (χ2v) is 6.58. The van der Waals surface area contributed by atoms with Gasteiger partial charge < -0.3 is 4.74 Å². The molecule has 1 aliphatic rings. The number of benzene rings is 1. The number of carbonyl (C=O) groups excluding carboxylic acids is 1. The van der Waals surface area contributed by atoms with Crippen LogP contribution in [0, 0.1) is 0 Å². The standard InChI is InChI=1S/C17H17N5O2S/c23-17(24-11-13-5-2-1-3-6-13)22-9-4-7-14(22)15-19-16(20-25-15)21-10-8-18-12-21/h1-3,5-6,8,10,12,14H,4,7,9,11H2/t14-/m1/s1. The molecular weight excluding hydrogens is 338 g/mol. The minimum atomic E-state index is -0.300. The average molecular weight is 355 g/mol. The van der Waals surface area contributed by atoms with E-state index in [0.29, 0.717) is 12.5 Å². The first-order chi connectivity index (χ1) is 12.3. The highest BCUT2D eigenvalue weighted by atomic mass is 32.1. The summed E-state index contributed by atoms with van der Waals surface area (Å²) in [5.41, 5.74) is 0.977. The molecule has 3 heterocycles. The Balaban J connectivity index is 1.44. The van der Waals surface area contributed by atoms with Gasteiger partial charge in [-0.15, -0.1) is 0 Å². The second kappa shape index (κ2) is 7.02. The van der Waals surface area contributed by atoms with E-state index in [1.54, 1.807) is 28.2 Å². The minimum Gasteiger partial charge on any atom is -0.445 e. The maximum absolute atomic E-state index is 12.5. The lowest BCUT2D eigenvalue weighted by molar-refractivity contribution is 0.0920. The predicted molar refractivity (Wildman–Crippen MR) is 92.3 cm³/mol. The lowest BCUT2D eigenvalue weighted by Gasteiger charge is -2.22. The molecule has 1 aromatic carbocycles. The molecule has 1 amide bonds. The van der Waals surface area contributed by atoms with E-state index in [1.165, 1.54) is 11.5 Å². The maximum Gasteiger partial charge on any atom is 0.410 e. The summed E-state index contributed by atoms with van der Waals surface area (Å²) in [4.78, 5) is 22.8. The highest BCUT2D eigenvalue weighted by Gasteiger charge is 2.33. The smallest absolute Gasteiger partial charge is 0.410 e. The van der Waals surface area contributed by atoms with Crippen molar-refractivity contribution in [2.45, 2.75) is 25.5 Å². The fourth-order valence-electron chi connectivity index (χ4n) is 2.89. The zero-order valence-corrected chi connectivity index (χ0v) is 14.3. The van der Waals surface area contributed by atoms with Crippen LogP contribution in [0.4, 0.5) is 4.79 Å².